The molecule has 0 amide bonds. The van der Waals surface area contributed by atoms with Crippen LogP contribution < -0.4 is 36.8 Å². The van der Waals surface area contributed by atoms with E-state index in [1.165, 1.54) is 130 Å². The highest BCUT2D eigenvalue weighted by atomic mass is 35.5. The number of rotatable bonds is 15. The zero-order valence-corrected chi connectivity index (χ0v) is 89.8. The van der Waals surface area contributed by atoms with Crippen molar-refractivity contribution in [3.8, 4) is 0 Å². The van der Waals surface area contributed by atoms with Gasteiger partial charge in [-0.15, -0.1) is 12.4 Å². The molecule has 0 saturated heterocycles. The third-order valence-electron chi connectivity index (χ3n) is 27.5. The topological polar surface area (TPSA) is 193 Å². The fourth-order valence-electron chi connectivity index (χ4n) is 20.3. The lowest BCUT2D eigenvalue weighted by Gasteiger charge is -2.32. The first kappa shape index (κ1) is 113. The molecule has 0 aromatic heterocycles. The molecular weight excluding hydrogens is 2060 g/mol. The lowest BCUT2D eigenvalue weighted by Crippen LogP contribution is -2.29. The monoisotopic (exact) mass is 2170 g/mol. The average molecular weight is 2170 g/mol. The maximum atomic E-state index is 10.1. The van der Waals surface area contributed by atoms with E-state index in [0.717, 1.165) is 77.0 Å². The Morgan fingerprint density at radius 2 is 0.448 bits per heavy atom. The average Bonchev–Trinajstić information content (AvgIpc) is 0.806. The molecule has 746 valence electrons. The standard InChI is InChI=1S/5C17H17Cl2N.C17H15Cl2N.2C8H8O3.ClH/c6*1-20-17-9-7-12(13-4-2-3-5-14(13)17)11-6-8-15(18)16(19)10-11;2*9-7(8(10)11)6-4-2-1-3-5-6;/h5*2-6,8,10,12,17,20H,7,9H2,1H3;2-6,8,10,12H,7,9H2,1H3;2*1-5,7,9H,(H,10,11);1H/p-2/t2*12-,17+;3*12-,17-;;;;/m11000..../s1. The fraction of sp³-hybridized carbons (Fsp3) is 0.263. The lowest BCUT2D eigenvalue weighted by atomic mass is 9.77. The summed E-state index contributed by atoms with van der Waals surface area (Å²) in [6.45, 7) is 0. The van der Waals surface area contributed by atoms with Crippen LogP contribution in [-0.4, -0.2) is 70.1 Å². The van der Waals surface area contributed by atoms with Gasteiger partial charge in [0.25, 0.3) is 0 Å². The van der Waals surface area contributed by atoms with Crippen LogP contribution in [0.2, 0.25) is 60.3 Å². The molecule has 0 saturated carbocycles. The summed E-state index contributed by atoms with van der Waals surface area (Å²) in [5.74, 6) is -0.545. The summed E-state index contributed by atoms with van der Waals surface area (Å²) in [4.78, 5) is 24.7. The number of halogens is 13. The third-order valence-corrected chi connectivity index (χ3v) is 32.0. The van der Waals surface area contributed by atoms with E-state index in [1.807, 2.05) is 115 Å². The molecule has 13 atom stereocenters. The Morgan fingerprint density at radius 3 is 0.643 bits per heavy atom. The molecule has 7 N–H and O–H groups in total. The Balaban J connectivity index is 0.000000147. The van der Waals surface area contributed by atoms with Crippen LogP contribution in [0.5, 0.6) is 0 Å². The van der Waals surface area contributed by atoms with E-state index >= 15 is 0 Å². The van der Waals surface area contributed by atoms with Crippen molar-refractivity contribution in [1.82, 2.24) is 26.6 Å². The highest BCUT2D eigenvalue weighted by molar-refractivity contribution is 6.44. The van der Waals surface area contributed by atoms with Crippen molar-refractivity contribution in [2.24, 2.45) is 4.99 Å². The number of carboxylic acid groups (broad SMARTS) is 2. The number of nitrogens with one attached hydrogen (secondary N) is 5. The Kier molecular flexibility index (Phi) is 43.6. The first-order valence-corrected chi connectivity index (χ1v) is 52.1. The number of hydrogen-bond donors (Lipinski definition) is 7. The number of benzene rings is 14. The van der Waals surface area contributed by atoms with Gasteiger partial charge in [-0.2, -0.15) is 0 Å². The molecule has 12 nitrogen and oxygen atoms in total. The molecule has 143 heavy (non-hydrogen) atoms. The molecule has 0 bridgehead atoms. The van der Waals surface area contributed by atoms with Gasteiger partial charge in [-0.25, -0.2) is 0 Å². The van der Waals surface area contributed by atoms with E-state index in [4.69, 9.17) is 149 Å². The van der Waals surface area contributed by atoms with E-state index in [-0.39, 0.29) is 12.4 Å². The van der Waals surface area contributed by atoms with Gasteiger partial charge in [0.05, 0.1) is 72.2 Å². The van der Waals surface area contributed by atoms with E-state index in [9.17, 15) is 19.8 Å². The number of aliphatic imine (C=N–C) groups is 1. The quantitative estimate of drug-likeness (QED) is 0.0516. The molecule has 0 radical (unpaired) electrons. The van der Waals surface area contributed by atoms with Crippen LogP contribution >= 0.6 is 152 Å². The maximum Gasteiger partial charge on any atom is 0.118 e. The Hall–Kier alpha value is -8.82. The smallest absolute Gasteiger partial charge is 0.118 e. The van der Waals surface area contributed by atoms with Crippen LogP contribution in [0.1, 0.15) is 266 Å². The molecule has 0 spiro atoms. The minimum Gasteiger partial charge on any atom is -0.547 e. The second-order valence-corrected chi connectivity index (χ2v) is 40.5. The van der Waals surface area contributed by atoms with Crippen LogP contribution in [-0.2, 0) is 9.59 Å². The number of hydrogen-bond acceptors (Lipinski definition) is 12. The van der Waals surface area contributed by atoms with Gasteiger partial charge in [0.15, 0.2) is 0 Å². The number of aliphatic hydroxyl groups excluding tert-OH is 2. The van der Waals surface area contributed by atoms with E-state index < -0.39 is 24.1 Å². The van der Waals surface area contributed by atoms with Gasteiger partial charge in [0.2, 0.25) is 0 Å². The van der Waals surface area contributed by atoms with Crippen molar-refractivity contribution in [2.45, 2.75) is 155 Å². The van der Waals surface area contributed by atoms with Crippen molar-refractivity contribution >= 4 is 169 Å². The van der Waals surface area contributed by atoms with E-state index in [1.54, 1.807) is 36.4 Å². The number of aliphatic hydroxyl groups is 2. The minimum absolute atomic E-state index is 0. The Morgan fingerprint density at radius 1 is 0.259 bits per heavy atom. The summed E-state index contributed by atoms with van der Waals surface area (Å²) < 4.78 is 0. The zero-order chi connectivity index (χ0) is 101. The van der Waals surface area contributed by atoms with Gasteiger partial charge in [0, 0.05) is 78.5 Å². The first-order valence-electron chi connectivity index (χ1n) is 47.6. The summed E-state index contributed by atoms with van der Waals surface area (Å²) in [7, 11) is 12.0. The van der Waals surface area contributed by atoms with Gasteiger partial charge in [0.1, 0.15) is 12.2 Å². The molecule has 0 heterocycles. The predicted molar refractivity (Wildman–Crippen MR) is 595 cm³/mol. The van der Waals surface area contributed by atoms with Crippen molar-refractivity contribution in [3.63, 3.8) is 0 Å². The second kappa shape index (κ2) is 55.3. The van der Waals surface area contributed by atoms with E-state index in [0.29, 0.717) is 137 Å². The van der Waals surface area contributed by atoms with Crippen LogP contribution in [0, 0.1) is 0 Å². The van der Waals surface area contributed by atoms with Crippen molar-refractivity contribution in [3.05, 3.63) is 487 Å². The molecule has 0 fully saturated rings. The lowest BCUT2D eigenvalue weighted by molar-refractivity contribution is -0.316. The normalized spacial score (nSPS) is 19.8. The molecule has 14 aromatic carbocycles. The molecule has 25 heteroatoms. The van der Waals surface area contributed by atoms with Crippen LogP contribution in [0.15, 0.2) is 320 Å². The van der Waals surface area contributed by atoms with Gasteiger partial charge in [-0.05, 0) is 296 Å². The van der Waals surface area contributed by atoms with Gasteiger partial charge < -0.3 is 56.6 Å². The van der Waals surface area contributed by atoms with Gasteiger partial charge in [-0.3, -0.25) is 4.99 Å². The van der Waals surface area contributed by atoms with Crippen LogP contribution in [0.4, 0.5) is 0 Å². The summed E-state index contributed by atoms with van der Waals surface area (Å²) in [5, 5.41) is 62.7. The SMILES string of the molecule is CN=C1CCC(c2ccc(Cl)c(Cl)c2)c2ccccc21.CN[C@H]1CC[C@@H](c2ccc(Cl)c(Cl)c2)c2ccccc21.CN[C@H]1CC[C@@H](c2ccc(Cl)c(Cl)c2)c2ccccc21.CN[C@H]1CC[C@@H](c2ccc(Cl)c(Cl)c2)c2ccccc21.CN[C@H]1CC[C@H](c2ccc(Cl)c(Cl)c2)c2ccccc21.CN[C@H]1CC[C@H](c2ccc(Cl)c(Cl)c2)c2ccccc21.Cl.O=C([O-])C(O)c1ccccc1.O=C([O-])C(O)c1ccccc1. The predicted octanol–water partition coefficient (Wildman–Crippen LogP) is 30.6. The fourth-order valence-corrected chi connectivity index (χ4v) is 22.2. The van der Waals surface area contributed by atoms with E-state index in [2.05, 4.69) is 214 Å². The summed E-state index contributed by atoms with van der Waals surface area (Å²) in [5.41, 5.74) is 25.9. The number of aliphatic carboxylic acids is 2. The molecular formula is C118H115Cl13N6O6-2. The summed E-state index contributed by atoms with van der Waals surface area (Å²) in [6, 6.07) is 106. The highest BCUT2D eigenvalue weighted by Gasteiger charge is 2.34. The molecule has 6 aliphatic rings. The van der Waals surface area contributed by atoms with Gasteiger partial charge >= 0.3 is 0 Å². The van der Waals surface area contributed by atoms with Crippen molar-refractivity contribution in [1.29, 1.82) is 0 Å². The maximum absolute atomic E-state index is 10.1. The number of fused-ring (bicyclic) bond motifs is 6. The number of carbonyl (C=O) groups is 2. The third kappa shape index (κ3) is 29.0. The highest BCUT2D eigenvalue weighted by Crippen LogP contribution is 2.49. The van der Waals surface area contributed by atoms with Crippen LogP contribution in [0.25, 0.3) is 0 Å². The molecule has 6 aliphatic carbocycles. The number of carboxylic acids is 2. The van der Waals surface area contributed by atoms with Crippen molar-refractivity contribution in [2.75, 3.05) is 42.3 Å². The molecule has 20 rings (SSSR count). The van der Waals surface area contributed by atoms with Crippen LogP contribution in [0.3, 0.4) is 0 Å². The first-order chi connectivity index (χ1) is 68.6. The zero-order valence-electron chi connectivity index (χ0n) is 79.9. The van der Waals surface area contributed by atoms with Crippen molar-refractivity contribution < 1.29 is 30.0 Å². The number of carbonyl (C=O) groups excluding carboxylic acids is 2. The summed E-state index contributed by atoms with van der Waals surface area (Å²) in [6.07, 6.45) is 10.3. The minimum atomic E-state index is -1.52. The summed E-state index contributed by atoms with van der Waals surface area (Å²) >= 11 is 73.2. The molecule has 0 aliphatic heterocycles. The largest absolute Gasteiger partial charge is 0.547 e. The Labute approximate surface area is 907 Å². The Bertz CT molecular complexity index is 5920. The number of nitrogens with zero attached hydrogens (tertiary/aromatic N) is 1. The molecule has 3 unspecified atom stereocenters. The second-order valence-electron chi connectivity index (χ2n) is 35.7. The van der Waals surface area contributed by atoms with Gasteiger partial charge in [-0.1, -0.05) is 382 Å². The molecule has 14 aromatic rings.